The summed E-state index contributed by atoms with van der Waals surface area (Å²) in [5.41, 5.74) is 5.80. The van der Waals surface area contributed by atoms with Crippen LogP contribution in [0, 0.1) is 5.92 Å². The van der Waals surface area contributed by atoms with Gasteiger partial charge in [0, 0.05) is 25.3 Å². The first-order chi connectivity index (χ1) is 8.79. The average Bonchev–Trinajstić information content (AvgIpc) is 2.85. The first-order valence-corrected chi connectivity index (χ1v) is 6.01. The van der Waals surface area contributed by atoms with Crippen LogP contribution in [-0.4, -0.2) is 30.2 Å². The number of aliphatic imine (C=N–C) groups is 1. The van der Waals surface area contributed by atoms with Crippen molar-refractivity contribution in [1.29, 1.82) is 0 Å². The van der Waals surface area contributed by atoms with E-state index in [4.69, 9.17) is 10.5 Å². The number of anilines is 1. The standard InChI is InChI=1S/C13H18N4O.HI/c1-2-11-10(6-8-18-11)9-16-13(14)17-12-5-3-4-7-15-12;/h2-5,7,10-11H,1,6,8-9H2,(H3,14,15,16,17);1H/t10-,11-;/m0./s1. The van der Waals surface area contributed by atoms with E-state index in [1.165, 1.54) is 0 Å². The largest absolute Gasteiger partial charge is 0.374 e. The SMILES string of the molecule is C=C[C@@H]1OCC[C@H]1CN=C(N)Nc1ccccn1.I. The number of halogens is 1. The lowest BCUT2D eigenvalue weighted by Gasteiger charge is -2.12. The summed E-state index contributed by atoms with van der Waals surface area (Å²) in [6, 6.07) is 5.58. The zero-order valence-electron chi connectivity index (χ0n) is 10.7. The molecule has 104 valence electrons. The van der Waals surface area contributed by atoms with Gasteiger partial charge in [0.15, 0.2) is 5.96 Å². The minimum Gasteiger partial charge on any atom is -0.374 e. The van der Waals surface area contributed by atoms with Crippen LogP contribution in [-0.2, 0) is 4.74 Å². The first-order valence-electron chi connectivity index (χ1n) is 6.01. The Bertz CT molecular complexity index is 424. The lowest BCUT2D eigenvalue weighted by Crippen LogP contribution is -2.25. The Morgan fingerprint density at radius 1 is 1.63 bits per heavy atom. The molecule has 1 aliphatic rings. The molecular weight excluding hydrogens is 355 g/mol. The predicted molar refractivity (Wildman–Crippen MR) is 87.8 cm³/mol. The molecule has 0 saturated carbocycles. The van der Waals surface area contributed by atoms with Gasteiger partial charge in [0.2, 0.25) is 0 Å². The molecule has 0 spiro atoms. The van der Waals surface area contributed by atoms with Crippen LogP contribution in [0.5, 0.6) is 0 Å². The van der Waals surface area contributed by atoms with Gasteiger partial charge >= 0.3 is 0 Å². The van der Waals surface area contributed by atoms with E-state index in [1.807, 2.05) is 24.3 Å². The van der Waals surface area contributed by atoms with Crippen molar-refractivity contribution >= 4 is 35.8 Å². The first kappa shape index (κ1) is 15.9. The second-order valence-corrected chi connectivity index (χ2v) is 4.19. The Morgan fingerprint density at radius 3 is 3.16 bits per heavy atom. The summed E-state index contributed by atoms with van der Waals surface area (Å²) < 4.78 is 5.50. The summed E-state index contributed by atoms with van der Waals surface area (Å²) in [5.74, 6) is 1.44. The molecule has 1 aromatic rings. The highest BCUT2D eigenvalue weighted by molar-refractivity contribution is 14.0. The van der Waals surface area contributed by atoms with Crippen molar-refractivity contribution < 1.29 is 4.74 Å². The Kier molecular flexibility index (Phi) is 6.79. The molecule has 5 nitrogen and oxygen atoms in total. The van der Waals surface area contributed by atoms with Crippen LogP contribution in [0.25, 0.3) is 0 Å². The number of pyridine rings is 1. The Labute approximate surface area is 130 Å². The van der Waals surface area contributed by atoms with Crippen LogP contribution in [0.2, 0.25) is 0 Å². The summed E-state index contributed by atoms with van der Waals surface area (Å²) in [6.07, 6.45) is 4.62. The fourth-order valence-corrected chi connectivity index (χ4v) is 1.93. The van der Waals surface area contributed by atoms with Crippen LogP contribution in [0.4, 0.5) is 5.82 Å². The summed E-state index contributed by atoms with van der Waals surface area (Å²) in [7, 11) is 0. The van der Waals surface area contributed by atoms with E-state index in [-0.39, 0.29) is 30.1 Å². The quantitative estimate of drug-likeness (QED) is 0.366. The van der Waals surface area contributed by atoms with Crippen molar-refractivity contribution in [3.63, 3.8) is 0 Å². The average molecular weight is 374 g/mol. The number of ether oxygens (including phenoxy) is 1. The molecule has 3 N–H and O–H groups in total. The van der Waals surface area contributed by atoms with Crippen LogP contribution in [0.3, 0.4) is 0 Å². The molecule has 19 heavy (non-hydrogen) atoms. The Hall–Kier alpha value is -1.15. The minimum atomic E-state index is 0. The van der Waals surface area contributed by atoms with Crippen molar-refractivity contribution in [1.82, 2.24) is 4.98 Å². The van der Waals surface area contributed by atoms with Crippen LogP contribution >= 0.6 is 24.0 Å². The number of aromatic nitrogens is 1. The molecule has 1 aliphatic heterocycles. The monoisotopic (exact) mass is 374 g/mol. The maximum atomic E-state index is 5.80. The van der Waals surface area contributed by atoms with E-state index in [0.717, 1.165) is 13.0 Å². The van der Waals surface area contributed by atoms with Gasteiger partial charge in [-0.15, -0.1) is 30.6 Å². The van der Waals surface area contributed by atoms with Gasteiger partial charge in [-0.25, -0.2) is 4.98 Å². The topological polar surface area (TPSA) is 72.5 Å². The van der Waals surface area contributed by atoms with E-state index in [9.17, 15) is 0 Å². The lowest BCUT2D eigenvalue weighted by atomic mass is 10.0. The highest BCUT2D eigenvalue weighted by Crippen LogP contribution is 2.21. The maximum Gasteiger partial charge on any atom is 0.194 e. The third-order valence-corrected chi connectivity index (χ3v) is 2.91. The molecule has 0 unspecified atom stereocenters. The molecule has 1 saturated heterocycles. The van der Waals surface area contributed by atoms with Crippen molar-refractivity contribution in [2.45, 2.75) is 12.5 Å². The summed E-state index contributed by atoms with van der Waals surface area (Å²) in [4.78, 5) is 8.43. The van der Waals surface area contributed by atoms with Gasteiger partial charge in [0.1, 0.15) is 5.82 Å². The third-order valence-electron chi connectivity index (χ3n) is 2.91. The van der Waals surface area contributed by atoms with Gasteiger partial charge < -0.3 is 15.8 Å². The molecular formula is C13H19IN4O. The second-order valence-electron chi connectivity index (χ2n) is 4.19. The third kappa shape index (κ3) is 4.79. The van der Waals surface area contributed by atoms with Crippen LogP contribution in [0.15, 0.2) is 42.0 Å². The molecule has 2 rings (SSSR count). The Morgan fingerprint density at radius 2 is 2.47 bits per heavy atom. The predicted octanol–water partition coefficient (Wildman–Crippen LogP) is 2.02. The summed E-state index contributed by atoms with van der Waals surface area (Å²) in [5, 5.41) is 2.95. The van der Waals surface area contributed by atoms with Crippen molar-refractivity contribution in [2.75, 3.05) is 18.5 Å². The van der Waals surface area contributed by atoms with E-state index < -0.39 is 0 Å². The number of nitrogens with one attached hydrogen (secondary N) is 1. The number of guanidine groups is 1. The second kappa shape index (κ2) is 8.11. The maximum absolute atomic E-state index is 5.80. The van der Waals surface area contributed by atoms with E-state index >= 15 is 0 Å². The smallest absolute Gasteiger partial charge is 0.194 e. The van der Waals surface area contributed by atoms with Gasteiger partial charge in [0.25, 0.3) is 0 Å². The van der Waals surface area contributed by atoms with Gasteiger partial charge in [-0.2, -0.15) is 0 Å². The van der Waals surface area contributed by atoms with E-state index in [2.05, 4.69) is 21.9 Å². The number of rotatable bonds is 4. The molecule has 6 heteroatoms. The lowest BCUT2D eigenvalue weighted by molar-refractivity contribution is 0.129. The number of hydrogen-bond donors (Lipinski definition) is 2. The molecule has 2 atom stereocenters. The highest BCUT2D eigenvalue weighted by Gasteiger charge is 2.25. The fraction of sp³-hybridized carbons (Fsp3) is 0.385. The van der Waals surface area contributed by atoms with Crippen molar-refractivity contribution in [2.24, 2.45) is 16.6 Å². The van der Waals surface area contributed by atoms with E-state index in [1.54, 1.807) is 6.20 Å². The minimum absolute atomic E-state index is 0. The zero-order chi connectivity index (χ0) is 12.8. The molecule has 1 fully saturated rings. The van der Waals surface area contributed by atoms with Gasteiger partial charge in [-0.3, -0.25) is 4.99 Å². The number of hydrogen-bond acceptors (Lipinski definition) is 3. The number of nitrogens with two attached hydrogens (primary N) is 1. The highest BCUT2D eigenvalue weighted by atomic mass is 127. The summed E-state index contributed by atoms with van der Waals surface area (Å²) in [6.45, 7) is 5.17. The van der Waals surface area contributed by atoms with Gasteiger partial charge in [0.05, 0.1) is 6.10 Å². The molecule has 0 bridgehead atoms. The molecule has 2 heterocycles. The number of nitrogens with zero attached hydrogens (tertiary/aromatic N) is 2. The van der Waals surface area contributed by atoms with Gasteiger partial charge in [-0.05, 0) is 18.6 Å². The molecule has 0 amide bonds. The van der Waals surface area contributed by atoms with E-state index in [0.29, 0.717) is 24.2 Å². The zero-order valence-corrected chi connectivity index (χ0v) is 13.0. The van der Waals surface area contributed by atoms with Crippen LogP contribution < -0.4 is 11.1 Å². The Balaban J connectivity index is 0.00000180. The normalized spacial score (nSPS) is 22.6. The molecule has 0 aromatic carbocycles. The molecule has 0 radical (unpaired) electrons. The van der Waals surface area contributed by atoms with Gasteiger partial charge in [-0.1, -0.05) is 12.1 Å². The fourth-order valence-electron chi connectivity index (χ4n) is 1.93. The molecule has 0 aliphatic carbocycles. The van der Waals surface area contributed by atoms with Crippen LogP contribution in [0.1, 0.15) is 6.42 Å². The molecule has 1 aromatic heterocycles. The van der Waals surface area contributed by atoms with Crippen molar-refractivity contribution in [3.8, 4) is 0 Å². The summed E-state index contributed by atoms with van der Waals surface area (Å²) >= 11 is 0. The van der Waals surface area contributed by atoms with Crippen molar-refractivity contribution in [3.05, 3.63) is 37.1 Å².